The van der Waals surface area contributed by atoms with Crippen molar-refractivity contribution in [1.29, 1.82) is 0 Å². The number of non-ortho nitro benzene ring substituents is 1. The summed E-state index contributed by atoms with van der Waals surface area (Å²) in [5, 5.41) is 32.3. The lowest BCUT2D eigenvalue weighted by Crippen LogP contribution is -2.41. The van der Waals surface area contributed by atoms with Gasteiger partial charge in [0.25, 0.3) is 11.4 Å². The van der Waals surface area contributed by atoms with Crippen LogP contribution in [-0.4, -0.2) is 22.2 Å². The summed E-state index contributed by atoms with van der Waals surface area (Å²) >= 11 is 3.96. The number of thiol groups is 1. The first-order chi connectivity index (χ1) is 11.2. The van der Waals surface area contributed by atoms with Gasteiger partial charge in [-0.05, 0) is 24.3 Å². The lowest BCUT2D eigenvalue weighted by Gasteiger charge is -2.22. The topological polar surface area (TPSA) is 128 Å². The molecule has 0 saturated carbocycles. The summed E-state index contributed by atoms with van der Waals surface area (Å²) in [7, 11) is 1.49. The summed E-state index contributed by atoms with van der Waals surface area (Å²) in [5.41, 5.74) is 1.54. The molecule has 0 aliphatic rings. The second-order valence-corrected chi connectivity index (χ2v) is 5.21. The molecular formula is C13H13N4O6S+. The Morgan fingerprint density at radius 2 is 1.75 bits per heavy atom. The van der Waals surface area contributed by atoms with Crippen LogP contribution in [0.5, 0.6) is 5.75 Å². The van der Waals surface area contributed by atoms with Gasteiger partial charge in [0.15, 0.2) is 0 Å². The zero-order chi connectivity index (χ0) is 17.9. The number of anilines is 1. The van der Waals surface area contributed by atoms with Crippen molar-refractivity contribution in [1.82, 2.24) is 4.16 Å². The minimum Gasteiger partial charge on any atom is -0.497 e. The molecule has 1 atom stereocenters. The molecule has 0 aromatic heterocycles. The van der Waals surface area contributed by atoms with Gasteiger partial charge in [0.05, 0.1) is 22.6 Å². The van der Waals surface area contributed by atoms with E-state index in [2.05, 4.69) is 18.2 Å². The van der Waals surface area contributed by atoms with Gasteiger partial charge in [-0.2, -0.15) is 10.6 Å². The van der Waals surface area contributed by atoms with Crippen molar-refractivity contribution >= 4 is 35.6 Å². The quantitative estimate of drug-likeness (QED) is 0.315. The number of nitrogens with zero attached hydrogens (tertiary/aromatic N) is 3. The number of methoxy groups -OCH3 is 1. The van der Waals surface area contributed by atoms with Gasteiger partial charge in [-0.3, -0.25) is 20.2 Å². The number of benzene rings is 2. The standard InChI is InChI=1S/C13H13N4O6S/c1-23-11-5-2-9(3-6-11)14-17(22,24)13-7-4-10(15(18)19)8-12(13)16(20)21/h2-8,14,22,24H,1H3/q+1. The van der Waals surface area contributed by atoms with Gasteiger partial charge >= 0.3 is 5.69 Å². The average Bonchev–Trinajstić information content (AvgIpc) is 2.54. The highest BCUT2D eigenvalue weighted by Crippen LogP contribution is 2.36. The lowest BCUT2D eigenvalue weighted by molar-refractivity contribution is -0.394. The highest BCUT2D eigenvalue weighted by molar-refractivity contribution is 7.79. The summed E-state index contributed by atoms with van der Waals surface area (Å²) in [6, 6.07) is 9.20. The molecule has 2 aromatic rings. The van der Waals surface area contributed by atoms with E-state index in [-0.39, 0.29) is 5.69 Å². The number of nitro groups is 2. The summed E-state index contributed by atoms with van der Waals surface area (Å²) in [6.45, 7) is 0. The molecule has 24 heavy (non-hydrogen) atoms. The molecule has 11 heteroatoms. The van der Waals surface area contributed by atoms with Crippen LogP contribution in [0.2, 0.25) is 0 Å². The predicted molar refractivity (Wildman–Crippen MR) is 88.9 cm³/mol. The van der Waals surface area contributed by atoms with Crippen molar-refractivity contribution < 1.29 is 19.8 Å². The van der Waals surface area contributed by atoms with Crippen LogP contribution in [0, 0.1) is 20.2 Å². The van der Waals surface area contributed by atoms with Crippen molar-refractivity contribution in [3.05, 3.63) is 62.7 Å². The Morgan fingerprint density at radius 1 is 1.12 bits per heavy atom. The fraction of sp³-hybridized carbons (Fsp3) is 0.0769. The SMILES string of the molecule is COc1ccc(N[N+](O)(S)c2ccc([N+](=O)[O-])cc2[N+](=O)[O-])cc1. The summed E-state index contributed by atoms with van der Waals surface area (Å²) in [5.74, 6) is 0.581. The van der Waals surface area contributed by atoms with E-state index in [1.807, 2.05) is 0 Å². The Hall–Kier alpha value is -2.89. The van der Waals surface area contributed by atoms with Crippen LogP contribution >= 0.6 is 12.8 Å². The maximum atomic E-state index is 11.2. The van der Waals surface area contributed by atoms with Gasteiger partial charge in [-0.1, -0.05) is 0 Å². The lowest BCUT2D eigenvalue weighted by atomic mass is 10.2. The second kappa shape index (κ2) is 6.70. The molecule has 0 aliphatic carbocycles. The van der Waals surface area contributed by atoms with Crippen LogP contribution in [0.1, 0.15) is 0 Å². The molecule has 0 spiro atoms. The molecule has 10 nitrogen and oxygen atoms in total. The zero-order valence-electron chi connectivity index (χ0n) is 12.3. The molecule has 0 fully saturated rings. The van der Waals surface area contributed by atoms with Gasteiger partial charge in [0.2, 0.25) is 0 Å². The number of nitrogens with one attached hydrogen (secondary N) is 1. The van der Waals surface area contributed by atoms with Crippen LogP contribution in [0.3, 0.4) is 0 Å². The Balaban J connectivity index is 2.39. The number of hydrogen-bond donors (Lipinski definition) is 3. The molecule has 1 unspecified atom stereocenters. The predicted octanol–water partition coefficient (Wildman–Crippen LogP) is 3.08. The normalized spacial score (nSPS) is 13.0. The highest BCUT2D eigenvalue weighted by Gasteiger charge is 2.36. The van der Waals surface area contributed by atoms with Crippen LogP contribution < -0.4 is 14.3 Å². The number of rotatable bonds is 6. The van der Waals surface area contributed by atoms with Crippen molar-refractivity contribution in [2.24, 2.45) is 0 Å². The number of ether oxygens (including phenoxy) is 1. The Morgan fingerprint density at radius 3 is 2.25 bits per heavy atom. The summed E-state index contributed by atoms with van der Waals surface area (Å²) < 4.78 is 3.63. The maximum absolute atomic E-state index is 11.2. The number of quaternary nitrogens is 1. The van der Waals surface area contributed by atoms with Crippen molar-refractivity contribution in [2.75, 3.05) is 12.5 Å². The van der Waals surface area contributed by atoms with E-state index in [0.717, 1.165) is 18.2 Å². The van der Waals surface area contributed by atoms with Gasteiger partial charge < -0.3 is 4.74 Å². The molecule has 2 rings (SSSR count). The zero-order valence-corrected chi connectivity index (χ0v) is 13.2. The van der Waals surface area contributed by atoms with Crippen LogP contribution in [-0.2, 0) is 0 Å². The molecule has 0 saturated heterocycles. The smallest absolute Gasteiger partial charge is 0.343 e. The van der Waals surface area contributed by atoms with E-state index in [1.165, 1.54) is 7.11 Å². The fourth-order valence-corrected chi connectivity index (χ4v) is 2.23. The molecule has 0 amide bonds. The molecule has 0 aliphatic heterocycles. The largest absolute Gasteiger partial charge is 0.497 e. The van der Waals surface area contributed by atoms with E-state index < -0.39 is 25.4 Å². The Kier molecular flexibility index (Phi) is 4.87. The van der Waals surface area contributed by atoms with Crippen LogP contribution in [0.15, 0.2) is 42.5 Å². The van der Waals surface area contributed by atoms with E-state index in [1.54, 1.807) is 24.3 Å². The maximum Gasteiger partial charge on any atom is 0.343 e. The Bertz CT molecular complexity index is 781. The molecule has 0 radical (unpaired) electrons. The monoisotopic (exact) mass is 353 g/mol. The molecule has 2 N–H and O–H groups in total. The van der Waals surface area contributed by atoms with E-state index in [9.17, 15) is 25.4 Å². The average molecular weight is 353 g/mol. The van der Waals surface area contributed by atoms with Crippen molar-refractivity contribution in [3.8, 4) is 5.75 Å². The summed E-state index contributed by atoms with van der Waals surface area (Å²) in [4.78, 5) is 20.3. The molecule has 2 aromatic carbocycles. The molecule has 126 valence electrons. The van der Waals surface area contributed by atoms with Gasteiger partial charge in [0.1, 0.15) is 24.6 Å². The van der Waals surface area contributed by atoms with E-state index >= 15 is 0 Å². The van der Waals surface area contributed by atoms with Crippen molar-refractivity contribution in [2.45, 2.75) is 0 Å². The minimum atomic E-state index is -1.37. The molecule has 0 heterocycles. The first-order valence-corrected chi connectivity index (χ1v) is 6.85. The minimum absolute atomic E-state index is 0.287. The van der Waals surface area contributed by atoms with Gasteiger partial charge in [-0.15, -0.1) is 0 Å². The van der Waals surface area contributed by atoms with Gasteiger partial charge in [0, 0.05) is 16.3 Å². The van der Waals surface area contributed by atoms with Crippen molar-refractivity contribution in [3.63, 3.8) is 0 Å². The third kappa shape index (κ3) is 3.71. The first-order valence-electron chi connectivity index (χ1n) is 6.45. The highest BCUT2D eigenvalue weighted by atomic mass is 32.1. The van der Waals surface area contributed by atoms with Crippen LogP contribution in [0.4, 0.5) is 22.7 Å². The third-order valence-corrected chi connectivity index (χ3v) is 3.39. The first kappa shape index (κ1) is 17.5. The van der Waals surface area contributed by atoms with E-state index in [4.69, 9.17) is 4.74 Å². The van der Waals surface area contributed by atoms with Crippen LogP contribution in [0.25, 0.3) is 0 Å². The van der Waals surface area contributed by atoms with E-state index in [0.29, 0.717) is 11.4 Å². The third-order valence-electron chi connectivity index (χ3n) is 3.08. The van der Waals surface area contributed by atoms with Gasteiger partial charge in [-0.25, -0.2) is 0 Å². The molecular weight excluding hydrogens is 340 g/mol. The second-order valence-electron chi connectivity index (χ2n) is 4.63. The Labute approximate surface area is 141 Å². The molecule has 0 bridgehead atoms. The number of hydrogen-bond acceptors (Lipinski definition) is 8. The number of nitro benzene ring substituents is 2. The fourth-order valence-electron chi connectivity index (χ4n) is 1.94. The summed E-state index contributed by atoms with van der Waals surface area (Å²) in [6.07, 6.45) is 0.